The van der Waals surface area contributed by atoms with Crippen molar-refractivity contribution in [2.24, 2.45) is 0 Å². The molecule has 3 rings (SSSR count). The Labute approximate surface area is 150 Å². The van der Waals surface area contributed by atoms with Crippen molar-refractivity contribution >= 4 is 5.91 Å². The summed E-state index contributed by atoms with van der Waals surface area (Å²) in [6, 6.07) is 14.4. The number of nitrogens with one attached hydrogen (secondary N) is 1. The maximum absolute atomic E-state index is 12.3. The fourth-order valence-corrected chi connectivity index (χ4v) is 3.65. The van der Waals surface area contributed by atoms with Gasteiger partial charge in [0.05, 0.1) is 0 Å². The zero-order valence-corrected chi connectivity index (χ0v) is 15.2. The van der Waals surface area contributed by atoms with E-state index >= 15 is 0 Å². The molecule has 132 valence electrons. The number of likely N-dealkylation sites (tertiary alicyclic amines) is 1. The van der Waals surface area contributed by atoms with Crippen molar-refractivity contribution in [3.63, 3.8) is 0 Å². The van der Waals surface area contributed by atoms with Crippen molar-refractivity contribution in [1.82, 2.24) is 15.2 Å². The summed E-state index contributed by atoms with van der Waals surface area (Å²) in [6.45, 7) is 7.61. The van der Waals surface area contributed by atoms with Crippen LogP contribution in [0.2, 0.25) is 0 Å². The number of carbonyl (C=O) groups excluding carboxylic acids is 1. The average molecular weight is 337 g/mol. The molecule has 1 aromatic heterocycles. The SMILES string of the molecule is Cc1cc(C(=O)NCCN2CCCC(c3ccccc3)C2)cc(C)n1. The lowest BCUT2D eigenvalue weighted by Crippen LogP contribution is -2.40. The van der Waals surface area contributed by atoms with Gasteiger partial charge in [-0.05, 0) is 56.8 Å². The fraction of sp³-hybridized carbons (Fsp3) is 0.429. The Morgan fingerprint density at radius 1 is 1.20 bits per heavy atom. The molecule has 2 aromatic rings. The molecule has 1 amide bonds. The predicted octanol–water partition coefficient (Wildman–Crippen LogP) is 3.31. The van der Waals surface area contributed by atoms with Crippen LogP contribution in [-0.2, 0) is 0 Å². The number of aromatic nitrogens is 1. The van der Waals surface area contributed by atoms with Crippen molar-refractivity contribution in [1.29, 1.82) is 0 Å². The van der Waals surface area contributed by atoms with Gasteiger partial charge >= 0.3 is 0 Å². The summed E-state index contributed by atoms with van der Waals surface area (Å²) in [5.74, 6) is 0.598. The van der Waals surface area contributed by atoms with Crippen LogP contribution in [0, 0.1) is 13.8 Å². The molecular weight excluding hydrogens is 310 g/mol. The number of aryl methyl sites for hydroxylation is 2. The first-order valence-electron chi connectivity index (χ1n) is 9.12. The van der Waals surface area contributed by atoms with E-state index in [1.807, 2.05) is 26.0 Å². The van der Waals surface area contributed by atoms with Crippen molar-refractivity contribution < 1.29 is 4.79 Å². The highest BCUT2D eigenvalue weighted by Gasteiger charge is 2.20. The predicted molar refractivity (Wildman–Crippen MR) is 101 cm³/mol. The number of hydrogen-bond acceptors (Lipinski definition) is 3. The van der Waals surface area contributed by atoms with Gasteiger partial charge in [0.2, 0.25) is 0 Å². The van der Waals surface area contributed by atoms with E-state index in [0.717, 1.165) is 31.0 Å². The molecule has 1 aromatic carbocycles. The number of hydrogen-bond donors (Lipinski definition) is 1. The third-order valence-corrected chi connectivity index (χ3v) is 4.83. The average Bonchev–Trinajstić information content (AvgIpc) is 2.62. The first kappa shape index (κ1) is 17.6. The molecule has 0 saturated carbocycles. The van der Waals surface area contributed by atoms with Crippen LogP contribution in [-0.4, -0.2) is 42.0 Å². The first-order valence-corrected chi connectivity index (χ1v) is 9.12. The van der Waals surface area contributed by atoms with Gasteiger partial charge in [0.1, 0.15) is 0 Å². The van der Waals surface area contributed by atoms with E-state index in [1.54, 1.807) is 0 Å². The first-order chi connectivity index (χ1) is 12.1. The number of nitrogens with zero attached hydrogens (tertiary/aromatic N) is 2. The normalized spacial score (nSPS) is 18.1. The van der Waals surface area contributed by atoms with Crippen LogP contribution in [0.25, 0.3) is 0 Å². The topological polar surface area (TPSA) is 45.2 Å². The number of pyridine rings is 1. The number of rotatable bonds is 5. The molecule has 25 heavy (non-hydrogen) atoms. The molecule has 4 heteroatoms. The fourth-order valence-electron chi connectivity index (χ4n) is 3.65. The Morgan fingerprint density at radius 3 is 2.64 bits per heavy atom. The Balaban J connectivity index is 1.49. The van der Waals surface area contributed by atoms with Crippen molar-refractivity contribution in [3.05, 3.63) is 65.0 Å². The Hall–Kier alpha value is -2.20. The zero-order chi connectivity index (χ0) is 17.6. The highest BCUT2D eigenvalue weighted by Crippen LogP contribution is 2.26. The second kappa shape index (κ2) is 8.26. The number of amides is 1. The van der Waals surface area contributed by atoms with E-state index < -0.39 is 0 Å². The number of piperidine rings is 1. The molecule has 0 bridgehead atoms. The summed E-state index contributed by atoms with van der Waals surface area (Å²) >= 11 is 0. The maximum Gasteiger partial charge on any atom is 0.251 e. The lowest BCUT2D eigenvalue weighted by molar-refractivity contribution is 0.0945. The standard InChI is InChI=1S/C21H27N3O/c1-16-13-20(14-17(2)23-16)21(25)22-10-12-24-11-6-9-19(15-24)18-7-4-3-5-8-18/h3-5,7-8,13-14,19H,6,9-12,15H2,1-2H3,(H,22,25). The Morgan fingerprint density at radius 2 is 1.92 bits per heavy atom. The van der Waals surface area contributed by atoms with Gasteiger partial charge in [-0.25, -0.2) is 0 Å². The molecule has 0 radical (unpaired) electrons. The molecular formula is C21H27N3O. The smallest absolute Gasteiger partial charge is 0.251 e. The van der Waals surface area contributed by atoms with Gasteiger partial charge < -0.3 is 10.2 Å². The largest absolute Gasteiger partial charge is 0.351 e. The van der Waals surface area contributed by atoms with Crippen molar-refractivity contribution in [2.45, 2.75) is 32.6 Å². The second-order valence-corrected chi connectivity index (χ2v) is 6.94. The summed E-state index contributed by atoms with van der Waals surface area (Å²) in [6.07, 6.45) is 2.47. The van der Waals surface area contributed by atoms with Crippen LogP contribution in [0.4, 0.5) is 0 Å². The highest BCUT2D eigenvalue weighted by atomic mass is 16.1. The van der Waals surface area contributed by atoms with Gasteiger partial charge in [-0.15, -0.1) is 0 Å². The molecule has 4 nitrogen and oxygen atoms in total. The molecule has 1 saturated heterocycles. The molecule has 1 unspecified atom stereocenters. The van der Waals surface area contributed by atoms with E-state index in [2.05, 4.69) is 45.5 Å². The second-order valence-electron chi connectivity index (χ2n) is 6.94. The molecule has 2 heterocycles. The summed E-state index contributed by atoms with van der Waals surface area (Å²) in [4.78, 5) is 19.1. The van der Waals surface area contributed by atoms with Crippen LogP contribution in [0.15, 0.2) is 42.5 Å². The monoisotopic (exact) mass is 337 g/mol. The van der Waals surface area contributed by atoms with E-state index in [-0.39, 0.29) is 5.91 Å². The minimum atomic E-state index is -0.00906. The zero-order valence-electron chi connectivity index (χ0n) is 15.2. The summed E-state index contributed by atoms with van der Waals surface area (Å²) in [5.41, 5.74) is 3.89. The third kappa shape index (κ3) is 4.89. The van der Waals surface area contributed by atoms with Crippen LogP contribution in [0.1, 0.15) is 46.1 Å². The van der Waals surface area contributed by atoms with E-state index in [0.29, 0.717) is 18.0 Å². The third-order valence-electron chi connectivity index (χ3n) is 4.83. The lowest BCUT2D eigenvalue weighted by Gasteiger charge is -2.33. The molecule has 0 spiro atoms. The minimum Gasteiger partial charge on any atom is -0.351 e. The van der Waals surface area contributed by atoms with E-state index in [4.69, 9.17) is 0 Å². The molecule has 1 N–H and O–H groups in total. The molecule has 1 aliphatic heterocycles. The Kier molecular flexibility index (Phi) is 5.82. The summed E-state index contributed by atoms with van der Waals surface area (Å²) in [5, 5.41) is 3.05. The van der Waals surface area contributed by atoms with E-state index in [9.17, 15) is 4.79 Å². The van der Waals surface area contributed by atoms with Crippen LogP contribution < -0.4 is 5.32 Å². The van der Waals surface area contributed by atoms with Crippen LogP contribution in [0.3, 0.4) is 0 Å². The molecule has 1 atom stereocenters. The molecule has 0 aliphatic carbocycles. The number of benzene rings is 1. The van der Waals surface area contributed by atoms with Gasteiger partial charge in [-0.1, -0.05) is 30.3 Å². The molecule has 1 fully saturated rings. The summed E-state index contributed by atoms with van der Waals surface area (Å²) < 4.78 is 0. The lowest BCUT2D eigenvalue weighted by atomic mass is 9.91. The minimum absolute atomic E-state index is 0.00906. The molecule has 1 aliphatic rings. The van der Waals surface area contributed by atoms with Crippen molar-refractivity contribution in [3.8, 4) is 0 Å². The highest BCUT2D eigenvalue weighted by molar-refractivity contribution is 5.94. The Bertz CT molecular complexity index is 694. The van der Waals surface area contributed by atoms with Gasteiger partial charge in [-0.3, -0.25) is 9.78 Å². The quantitative estimate of drug-likeness (QED) is 0.910. The number of carbonyl (C=O) groups is 1. The van der Waals surface area contributed by atoms with Crippen molar-refractivity contribution in [2.75, 3.05) is 26.2 Å². The van der Waals surface area contributed by atoms with Crippen LogP contribution in [0.5, 0.6) is 0 Å². The van der Waals surface area contributed by atoms with Crippen LogP contribution >= 0.6 is 0 Å². The van der Waals surface area contributed by atoms with Gasteiger partial charge in [0.15, 0.2) is 0 Å². The van der Waals surface area contributed by atoms with Gasteiger partial charge in [0.25, 0.3) is 5.91 Å². The van der Waals surface area contributed by atoms with Gasteiger partial charge in [0, 0.05) is 36.6 Å². The maximum atomic E-state index is 12.3. The summed E-state index contributed by atoms with van der Waals surface area (Å²) in [7, 11) is 0. The van der Waals surface area contributed by atoms with Gasteiger partial charge in [-0.2, -0.15) is 0 Å². The van der Waals surface area contributed by atoms with E-state index in [1.165, 1.54) is 18.4 Å².